The summed E-state index contributed by atoms with van der Waals surface area (Å²) in [6.45, 7) is 2.53. The third kappa shape index (κ3) is 5.84. The van der Waals surface area contributed by atoms with Gasteiger partial charge in [-0.05, 0) is 99.2 Å². The highest BCUT2D eigenvalue weighted by Gasteiger charge is 2.45. The molecule has 10 heteroatoms. The summed E-state index contributed by atoms with van der Waals surface area (Å²) in [7, 11) is -0.617. The van der Waals surface area contributed by atoms with Crippen LogP contribution >= 0.6 is 19.5 Å². The van der Waals surface area contributed by atoms with Gasteiger partial charge in [-0.2, -0.15) is 13.8 Å². The lowest BCUT2D eigenvalue weighted by Crippen LogP contribution is -2.37. The maximum atomic E-state index is 12.7. The first-order valence-corrected chi connectivity index (χ1v) is 16.1. The Kier molecular flexibility index (Phi) is 7.62. The van der Waals surface area contributed by atoms with Gasteiger partial charge in [0.25, 0.3) is 0 Å². The molecule has 1 atom stereocenters. The zero-order chi connectivity index (χ0) is 27.1. The van der Waals surface area contributed by atoms with Crippen LogP contribution in [0, 0.1) is 5.92 Å². The molecule has 2 aliphatic carbocycles. The number of ether oxygens (including phenoxy) is 1. The fourth-order valence-electron chi connectivity index (χ4n) is 6.25. The van der Waals surface area contributed by atoms with Crippen molar-refractivity contribution in [3.63, 3.8) is 0 Å². The lowest BCUT2D eigenvalue weighted by Gasteiger charge is -2.32. The van der Waals surface area contributed by atoms with E-state index >= 15 is 0 Å². The second-order valence-corrected chi connectivity index (χ2v) is 13.7. The molecule has 3 heterocycles. The standard InChI is InChI=1S/C29H33ClF2N5OP/c1-39(2)26-14-23(38-28(31)32)9-10-25(26)35-27-24(30)15-33-29(36-27)34-20-6-3-18-4-7-21(8-5-19(18)13-20)37-16-17-11-22(37)12-17/h3,6,9-10,13-15,17,21-22,28H,4-5,7-8,11-12,16H2,1-2H3,(H2,33,34,35,36). The van der Waals surface area contributed by atoms with Crippen LogP contribution < -0.4 is 20.7 Å². The molecule has 6 nitrogen and oxygen atoms in total. The van der Waals surface area contributed by atoms with E-state index in [1.54, 1.807) is 18.3 Å². The van der Waals surface area contributed by atoms with Gasteiger partial charge in [-0.3, -0.25) is 4.90 Å². The largest absolute Gasteiger partial charge is 0.435 e. The average Bonchev–Trinajstić information content (AvgIpc) is 3.42. The first-order chi connectivity index (χ1) is 18.8. The van der Waals surface area contributed by atoms with Gasteiger partial charge >= 0.3 is 6.61 Å². The SMILES string of the molecule is CP(C)c1cc(OC(F)F)ccc1Nc1nc(Nc2ccc3c(c2)CCC(N2CC4CC2C4)CC3)ncc1Cl. The minimum Gasteiger partial charge on any atom is -0.435 e. The fourth-order valence-corrected chi connectivity index (χ4v) is 7.39. The highest BCUT2D eigenvalue weighted by molar-refractivity contribution is 7.64. The Morgan fingerprint density at radius 1 is 1.03 bits per heavy atom. The fraction of sp³-hybridized carbons (Fsp3) is 0.448. The molecule has 1 unspecified atom stereocenters. The number of hydrogen-bond donors (Lipinski definition) is 2. The van der Waals surface area contributed by atoms with Crippen LogP contribution in [0.5, 0.6) is 5.75 Å². The molecule has 2 bridgehead atoms. The Morgan fingerprint density at radius 3 is 2.54 bits per heavy atom. The number of alkyl halides is 2. The van der Waals surface area contributed by atoms with Crippen molar-refractivity contribution >= 4 is 48.0 Å². The third-order valence-electron chi connectivity index (χ3n) is 8.25. The number of rotatable bonds is 8. The molecule has 1 saturated carbocycles. The van der Waals surface area contributed by atoms with Crippen LogP contribution in [0.1, 0.15) is 36.8 Å². The van der Waals surface area contributed by atoms with Crippen molar-refractivity contribution in [3.05, 3.63) is 58.7 Å². The molecule has 2 aliphatic heterocycles. The molecule has 4 aliphatic rings. The average molecular weight is 572 g/mol. The molecule has 0 spiro atoms. The van der Waals surface area contributed by atoms with Crippen LogP contribution in [0.3, 0.4) is 0 Å². The van der Waals surface area contributed by atoms with Crippen molar-refractivity contribution in [1.29, 1.82) is 0 Å². The van der Waals surface area contributed by atoms with Crippen molar-refractivity contribution in [2.45, 2.75) is 57.2 Å². The second kappa shape index (κ2) is 11.1. The highest BCUT2D eigenvalue weighted by Crippen LogP contribution is 2.43. The quantitative estimate of drug-likeness (QED) is 0.226. The molecular formula is C29H33ClF2N5OP. The molecule has 1 aromatic heterocycles. The molecule has 7 rings (SSSR count). The predicted molar refractivity (Wildman–Crippen MR) is 155 cm³/mol. The zero-order valence-electron chi connectivity index (χ0n) is 22.1. The Morgan fingerprint density at radius 2 is 1.82 bits per heavy atom. The van der Waals surface area contributed by atoms with E-state index < -0.39 is 14.5 Å². The normalized spacial score (nSPS) is 22.4. The van der Waals surface area contributed by atoms with Gasteiger partial charge in [0.15, 0.2) is 5.82 Å². The molecule has 39 heavy (non-hydrogen) atoms. The minimum atomic E-state index is -2.87. The second-order valence-electron chi connectivity index (χ2n) is 11.0. The Hall–Kier alpha value is -2.54. The van der Waals surface area contributed by atoms with Crippen LogP contribution in [0.25, 0.3) is 0 Å². The van der Waals surface area contributed by atoms with Gasteiger partial charge in [-0.25, -0.2) is 4.98 Å². The van der Waals surface area contributed by atoms with E-state index in [9.17, 15) is 8.78 Å². The van der Waals surface area contributed by atoms with Crippen molar-refractivity contribution in [2.75, 3.05) is 30.5 Å². The van der Waals surface area contributed by atoms with E-state index in [1.165, 1.54) is 49.4 Å². The van der Waals surface area contributed by atoms with Crippen molar-refractivity contribution in [2.24, 2.45) is 5.92 Å². The number of halogens is 3. The molecule has 2 aromatic carbocycles. The van der Waals surface area contributed by atoms with E-state index in [2.05, 4.69) is 48.4 Å². The van der Waals surface area contributed by atoms with E-state index in [0.29, 0.717) is 22.8 Å². The van der Waals surface area contributed by atoms with Gasteiger partial charge in [-0.15, -0.1) is 0 Å². The lowest BCUT2D eigenvalue weighted by atomic mass is 9.86. The molecule has 2 N–H and O–H groups in total. The lowest BCUT2D eigenvalue weighted by molar-refractivity contribution is -0.0497. The van der Waals surface area contributed by atoms with Crippen LogP contribution in [0.4, 0.5) is 31.9 Å². The van der Waals surface area contributed by atoms with E-state index in [0.717, 1.165) is 41.5 Å². The van der Waals surface area contributed by atoms with Crippen LogP contribution in [-0.4, -0.2) is 53.4 Å². The van der Waals surface area contributed by atoms with Crippen molar-refractivity contribution in [1.82, 2.24) is 14.9 Å². The van der Waals surface area contributed by atoms with Gasteiger partial charge in [-0.1, -0.05) is 25.6 Å². The summed E-state index contributed by atoms with van der Waals surface area (Å²) in [6.07, 6.45) is 9.05. The maximum absolute atomic E-state index is 12.7. The molecule has 2 saturated heterocycles. The topological polar surface area (TPSA) is 62.3 Å². The molecular weight excluding hydrogens is 539 g/mol. The number of benzene rings is 2. The third-order valence-corrected chi connectivity index (χ3v) is 9.86. The summed E-state index contributed by atoms with van der Waals surface area (Å²) in [6, 6.07) is 13.0. The summed E-state index contributed by atoms with van der Waals surface area (Å²) in [5.41, 5.74) is 4.53. The summed E-state index contributed by atoms with van der Waals surface area (Å²) in [5, 5.41) is 7.86. The van der Waals surface area contributed by atoms with Crippen molar-refractivity contribution in [3.8, 4) is 5.75 Å². The Bertz CT molecular complexity index is 1350. The summed E-state index contributed by atoms with van der Waals surface area (Å²) in [4.78, 5) is 11.8. The first kappa shape index (κ1) is 26.7. The van der Waals surface area contributed by atoms with Gasteiger partial charge < -0.3 is 15.4 Å². The Labute approximate surface area is 234 Å². The highest BCUT2D eigenvalue weighted by atomic mass is 35.5. The maximum Gasteiger partial charge on any atom is 0.387 e. The number of hydrogen-bond acceptors (Lipinski definition) is 6. The number of aromatic nitrogens is 2. The molecule has 3 fully saturated rings. The smallest absolute Gasteiger partial charge is 0.387 e. The molecule has 0 amide bonds. The predicted octanol–water partition coefficient (Wildman–Crippen LogP) is 6.93. The van der Waals surface area contributed by atoms with E-state index in [-0.39, 0.29) is 5.75 Å². The van der Waals surface area contributed by atoms with E-state index in [1.807, 2.05) is 13.3 Å². The van der Waals surface area contributed by atoms with E-state index in [4.69, 9.17) is 11.6 Å². The van der Waals surface area contributed by atoms with Gasteiger partial charge in [0.2, 0.25) is 5.95 Å². The Balaban J connectivity index is 1.16. The molecule has 3 aromatic rings. The monoisotopic (exact) mass is 571 g/mol. The van der Waals surface area contributed by atoms with Gasteiger partial charge in [0.05, 0.1) is 6.20 Å². The molecule has 0 radical (unpaired) electrons. The number of anilines is 4. The van der Waals surface area contributed by atoms with Crippen LogP contribution in [0.2, 0.25) is 5.02 Å². The number of fused-ring (bicyclic) bond motifs is 2. The summed E-state index contributed by atoms with van der Waals surface area (Å²) < 4.78 is 30.0. The van der Waals surface area contributed by atoms with Crippen LogP contribution in [0.15, 0.2) is 42.6 Å². The first-order valence-electron chi connectivity index (χ1n) is 13.5. The summed E-state index contributed by atoms with van der Waals surface area (Å²) >= 11 is 6.44. The van der Waals surface area contributed by atoms with Crippen LogP contribution in [-0.2, 0) is 12.8 Å². The number of aryl methyl sites for hydroxylation is 2. The van der Waals surface area contributed by atoms with Crippen molar-refractivity contribution < 1.29 is 13.5 Å². The number of nitrogens with zero attached hydrogens (tertiary/aromatic N) is 3. The zero-order valence-corrected chi connectivity index (χ0v) is 23.8. The molecule has 206 valence electrons. The number of nitrogens with one attached hydrogen (secondary N) is 2. The van der Waals surface area contributed by atoms with Gasteiger partial charge in [0.1, 0.15) is 10.8 Å². The van der Waals surface area contributed by atoms with Gasteiger partial charge in [0, 0.05) is 35.3 Å². The summed E-state index contributed by atoms with van der Waals surface area (Å²) in [5.74, 6) is 1.95. The minimum absolute atomic E-state index is 0.129.